The Hall–Kier alpha value is -2.66. The van der Waals surface area contributed by atoms with Crippen LogP contribution in [0.2, 0.25) is 5.02 Å². The molecule has 4 rings (SSSR count). The largest absolute Gasteiger partial charge is 0.366 e. The summed E-state index contributed by atoms with van der Waals surface area (Å²) in [6.07, 6.45) is 3.05. The van der Waals surface area contributed by atoms with Gasteiger partial charge in [-0.25, -0.2) is 9.29 Å². The summed E-state index contributed by atoms with van der Waals surface area (Å²) in [6, 6.07) is 10.8. The van der Waals surface area contributed by atoms with E-state index >= 15 is 0 Å². The highest BCUT2D eigenvalue weighted by Gasteiger charge is 2.42. The van der Waals surface area contributed by atoms with Crippen LogP contribution in [-0.2, 0) is 9.59 Å². The van der Waals surface area contributed by atoms with Crippen molar-refractivity contribution in [2.24, 2.45) is 0 Å². The van der Waals surface area contributed by atoms with Gasteiger partial charge in [0.15, 0.2) is 0 Å². The van der Waals surface area contributed by atoms with Gasteiger partial charge in [0.05, 0.1) is 11.3 Å². The van der Waals surface area contributed by atoms with Gasteiger partial charge in [0.1, 0.15) is 11.5 Å². The number of carbonyl (C=O) groups excluding carboxylic acids is 2. The Morgan fingerprint density at radius 2 is 1.61 bits per heavy atom. The van der Waals surface area contributed by atoms with E-state index in [4.69, 9.17) is 11.6 Å². The number of likely N-dealkylation sites (tertiary alicyclic amines) is 1. The molecule has 2 aromatic carbocycles. The summed E-state index contributed by atoms with van der Waals surface area (Å²) in [5, 5.41) is 0.493. The molecule has 6 heteroatoms. The molecule has 1 fully saturated rings. The summed E-state index contributed by atoms with van der Waals surface area (Å²) in [5.74, 6) is -1.15. The van der Waals surface area contributed by atoms with Crippen molar-refractivity contribution in [2.45, 2.75) is 26.2 Å². The van der Waals surface area contributed by atoms with Crippen LogP contribution in [0.15, 0.2) is 48.2 Å². The molecule has 1 saturated heterocycles. The number of hydrogen-bond donors (Lipinski definition) is 0. The predicted octanol–water partition coefficient (Wildman–Crippen LogP) is 4.56. The zero-order chi connectivity index (χ0) is 19.8. The van der Waals surface area contributed by atoms with E-state index in [-0.39, 0.29) is 11.7 Å². The van der Waals surface area contributed by atoms with Gasteiger partial charge in [0.2, 0.25) is 0 Å². The lowest BCUT2D eigenvalue weighted by molar-refractivity contribution is -0.120. The van der Waals surface area contributed by atoms with Crippen LogP contribution >= 0.6 is 11.6 Å². The minimum atomic E-state index is -0.405. The van der Waals surface area contributed by atoms with Gasteiger partial charge in [-0.2, -0.15) is 0 Å². The van der Waals surface area contributed by atoms with E-state index in [0.29, 0.717) is 27.5 Å². The number of imide groups is 1. The second kappa shape index (κ2) is 7.40. The molecule has 28 heavy (non-hydrogen) atoms. The molecule has 0 radical (unpaired) electrons. The lowest BCUT2D eigenvalue weighted by Gasteiger charge is -2.29. The van der Waals surface area contributed by atoms with E-state index < -0.39 is 5.91 Å². The maximum atomic E-state index is 13.4. The van der Waals surface area contributed by atoms with Crippen LogP contribution in [0.1, 0.15) is 30.4 Å². The topological polar surface area (TPSA) is 40.6 Å². The van der Waals surface area contributed by atoms with E-state index in [1.54, 1.807) is 30.3 Å². The van der Waals surface area contributed by atoms with E-state index in [2.05, 4.69) is 0 Å². The standard InChI is InChI=1S/C22H20ClFN2O2/c1-14-5-10-17(13-18(14)23)26-21(27)19(15-6-8-16(24)9-7-15)20(22(26)28)25-11-3-2-4-12-25/h5-10,13H,2-4,11-12H2,1H3. The maximum absolute atomic E-state index is 13.4. The molecule has 2 amide bonds. The van der Waals surface area contributed by atoms with Gasteiger partial charge in [-0.05, 0) is 61.6 Å². The van der Waals surface area contributed by atoms with Crippen LogP contribution in [0.3, 0.4) is 0 Å². The summed E-state index contributed by atoms with van der Waals surface area (Å²) < 4.78 is 13.4. The first-order valence-corrected chi connectivity index (χ1v) is 9.75. The van der Waals surface area contributed by atoms with Gasteiger partial charge in [-0.3, -0.25) is 9.59 Å². The molecule has 144 valence electrons. The number of carbonyl (C=O) groups is 2. The molecule has 0 atom stereocenters. The Labute approximate surface area is 168 Å². The lowest BCUT2D eigenvalue weighted by Crippen LogP contribution is -2.37. The molecule has 2 aromatic rings. The summed E-state index contributed by atoms with van der Waals surface area (Å²) in [4.78, 5) is 29.8. The minimum absolute atomic E-state index is 0.323. The smallest absolute Gasteiger partial charge is 0.282 e. The molecule has 2 heterocycles. The van der Waals surface area contributed by atoms with Gasteiger partial charge in [-0.1, -0.05) is 29.8 Å². The van der Waals surface area contributed by atoms with Crippen molar-refractivity contribution in [3.8, 4) is 0 Å². The molecule has 2 aliphatic rings. The van der Waals surface area contributed by atoms with Crippen molar-refractivity contribution in [2.75, 3.05) is 18.0 Å². The highest BCUT2D eigenvalue weighted by molar-refractivity contribution is 6.45. The van der Waals surface area contributed by atoms with E-state index in [1.807, 2.05) is 11.8 Å². The number of piperidine rings is 1. The Balaban J connectivity index is 1.82. The molecule has 4 nitrogen and oxygen atoms in total. The summed E-state index contributed by atoms with van der Waals surface area (Å²) >= 11 is 6.23. The third-order valence-corrected chi connectivity index (χ3v) is 5.69. The number of halogens is 2. The number of benzene rings is 2. The van der Waals surface area contributed by atoms with E-state index in [0.717, 1.165) is 37.9 Å². The summed E-state index contributed by atoms with van der Waals surface area (Å²) in [5.41, 5.74) is 2.57. The second-order valence-electron chi connectivity index (χ2n) is 7.16. The van der Waals surface area contributed by atoms with Crippen LogP contribution in [0.5, 0.6) is 0 Å². The third kappa shape index (κ3) is 3.20. The maximum Gasteiger partial charge on any atom is 0.282 e. The number of nitrogens with zero attached hydrogens (tertiary/aromatic N) is 2. The molecule has 0 N–H and O–H groups in total. The first kappa shape index (κ1) is 18.7. The Morgan fingerprint density at radius 1 is 0.929 bits per heavy atom. The Kier molecular flexibility index (Phi) is 4.94. The minimum Gasteiger partial charge on any atom is -0.366 e. The van der Waals surface area contributed by atoms with Crippen molar-refractivity contribution >= 4 is 34.7 Å². The fourth-order valence-electron chi connectivity index (χ4n) is 3.76. The monoisotopic (exact) mass is 398 g/mol. The lowest BCUT2D eigenvalue weighted by atomic mass is 10.0. The zero-order valence-corrected chi connectivity index (χ0v) is 16.3. The van der Waals surface area contributed by atoms with Gasteiger partial charge in [-0.15, -0.1) is 0 Å². The molecule has 0 spiro atoms. The van der Waals surface area contributed by atoms with Crippen LogP contribution in [-0.4, -0.2) is 29.8 Å². The summed E-state index contributed by atoms with van der Waals surface area (Å²) in [6.45, 7) is 3.31. The SMILES string of the molecule is Cc1ccc(N2C(=O)C(c3ccc(F)cc3)=C(N3CCCCC3)C2=O)cc1Cl. The molecule has 0 bridgehead atoms. The van der Waals surface area contributed by atoms with Crippen LogP contribution in [0.25, 0.3) is 5.57 Å². The normalized spacial score (nSPS) is 17.7. The van der Waals surface area contributed by atoms with E-state index in [9.17, 15) is 14.0 Å². The van der Waals surface area contributed by atoms with Gasteiger partial charge in [0.25, 0.3) is 11.8 Å². The Morgan fingerprint density at radius 3 is 2.25 bits per heavy atom. The van der Waals surface area contributed by atoms with Crippen LogP contribution in [0.4, 0.5) is 10.1 Å². The highest BCUT2D eigenvalue weighted by Crippen LogP contribution is 2.36. The van der Waals surface area contributed by atoms with Crippen molar-refractivity contribution in [3.05, 3.63) is 70.1 Å². The average molecular weight is 399 g/mol. The van der Waals surface area contributed by atoms with Gasteiger partial charge >= 0.3 is 0 Å². The molecular formula is C22H20ClFN2O2. The van der Waals surface area contributed by atoms with Gasteiger partial charge < -0.3 is 4.90 Å². The van der Waals surface area contributed by atoms with Crippen molar-refractivity contribution in [3.63, 3.8) is 0 Å². The van der Waals surface area contributed by atoms with Crippen molar-refractivity contribution in [1.29, 1.82) is 0 Å². The molecule has 2 aliphatic heterocycles. The molecule has 0 saturated carbocycles. The summed E-state index contributed by atoms with van der Waals surface area (Å²) in [7, 11) is 0. The quantitative estimate of drug-likeness (QED) is 0.712. The molecule has 0 aliphatic carbocycles. The first-order valence-electron chi connectivity index (χ1n) is 9.37. The van der Waals surface area contributed by atoms with Crippen molar-refractivity contribution in [1.82, 2.24) is 4.90 Å². The molecular weight excluding hydrogens is 379 g/mol. The number of amides is 2. The van der Waals surface area contributed by atoms with E-state index in [1.165, 1.54) is 17.0 Å². The third-order valence-electron chi connectivity index (χ3n) is 5.28. The average Bonchev–Trinajstić information content (AvgIpc) is 2.96. The fraction of sp³-hybridized carbons (Fsp3) is 0.273. The number of anilines is 1. The number of hydrogen-bond acceptors (Lipinski definition) is 3. The first-order chi connectivity index (χ1) is 13.5. The molecule has 0 unspecified atom stereocenters. The second-order valence-corrected chi connectivity index (χ2v) is 7.56. The number of aryl methyl sites for hydroxylation is 1. The fourth-order valence-corrected chi connectivity index (χ4v) is 3.94. The van der Waals surface area contributed by atoms with Crippen LogP contribution < -0.4 is 4.90 Å². The van der Waals surface area contributed by atoms with Crippen molar-refractivity contribution < 1.29 is 14.0 Å². The Bertz CT molecular complexity index is 979. The van der Waals surface area contributed by atoms with Crippen LogP contribution in [0, 0.1) is 12.7 Å². The highest BCUT2D eigenvalue weighted by atomic mass is 35.5. The molecule has 0 aromatic heterocycles. The van der Waals surface area contributed by atoms with Gasteiger partial charge in [0, 0.05) is 18.1 Å². The predicted molar refractivity (Wildman–Crippen MR) is 107 cm³/mol. The zero-order valence-electron chi connectivity index (χ0n) is 15.5. The number of rotatable bonds is 3.